The molecule has 1 fully saturated rings. The van der Waals surface area contributed by atoms with E-state index in [1.54, 1.807) is 7.11 Å². The van der Waals surface area contributed by atoms with Gasteiger partial charge < -0.3 is 14.6 Å². The zero-order valence-electron chi connectivity index (χ0n) is 9.76. The van der Waals surface area contributed by atoms with Crippen molar-refractivity contribution in [2.45, 2.75) is 13.0 Å². The summed E-state index contributed by atoms with van der Waals surface area (Å²) >= 11 is 0. The molecule has 1 aromatic carbocycles. The molecular formula is C13H16O4. The van der Waals surface area contributed by atoms with Gasteiger partial charge in [0, 0.05) is 0 Å². The summed E-state index contributed by atoms with van der Waals surface area (Å²) in [6.45, 7) is 1.05. The van der Waals surface area contributed by atoms with E-state index in [1.807, 2.05) is 24.3 Å². The predicted molar refractivity (Wildman–Crippen MR) is 61.9 cm³/mol. The third-order valence-electron chi connectivity index (χ3n) is 3.00. The number of carboxylic acid groups (broad SMARTS) is 1. The molecule has 0 spiro atoms. The summed E-state index contributed by atoms with van der Waals surface area (Å²) in [5, 5.41) is 8.73. The van der Waals surface area contributed by atoms with E-state index in [2.05, 4.69) is 0 Å². The summed E-state index contributed by atoms with van der Waals surface area (Å²) in [6, 6.07) is 7.66. The van der Waals surface area contributed by atoms with Crippen molar-refractivity contribution in [2.24, 2.45) is 11.8 Å². The fourth-order valence-corrected chi connectivity index (χ4v) is 1.78. The number of hydrogen-bond acceptors (Lipinski definition) is 3. The highest BCUT2D eigenvalue weighted by Gasteiger charge is 2.43. The van der Waals surface area contributed by atoms with Crippen LogP contribution in [-0.4, -0.2) is 24.8 Å². The average molecular weight is 236 g/mol. The van der Waals surface area contributed by atoms with Crippen LogP contribution in [0, 0.1) is 11.8 Å². The van der Waals surface area contributed by atoms with E-state index in [-0.39, 0.29) is 11.8 Å². The topological polar surface area (TPSA) is 55.8 Å². The third kappa shape index (κ3) is 3.20. The first kappa shape index (κ1) is 11.9. The van der Waals surface area contributed by atoms with E-state index in [4.69, 9.17) is 14.6 Å². The number of rotatable bonds is 6. The van der Waals surface area contributed by atoms with Gasteiger partial charge in [-0.3, -0.25) is 4.79 Å². The minimum absolute atomic E-state index is 0.189. The Hall–Kier alpha value is -1.55. The Bertz CT molecular complexity index is 385. The number of methoxy groups -OCH3 is 1. The van der Waals surface area contributed by atoms with Crippen LogP contribution in [0.3, 0.4) is 0 Å². The summed E-state index contributed by atoms with van der Waals surface area (Å²) in [4.78, 5) is 10.6. The number of benzene rings is 1. The van der Waals surface area contributed by atoms with Gasteiger partial charge in [-0.05, 0) is 30.0 Å². The third-order valence-corrected chi connectivity index (χ3v) is 3.00. The fraction of sp³-hybridized carbons (Fsp3) is 0.462. The first-order chi connectivity index (χ1) is 8.20. The van der Waals surface area contributed by atoms with Crippen LogP contribution in [-0.2, 0) is 16.1 Å². The molecule has 4 heteroatoms. The molecule has 1 aliphatic rings. The summed E-state index contributed by atoms with van der Waals surface area (Å²) < 4.78 is 10.5. The van der Waals surface area contributed by atoms with Crippen molar-refractivity contribution in [3.8, 4) is 5.75 Å². The summed E-state index contributed by atoms with van der Waals surface area (Å²) in [7, 11) is 1.63. The van der Waals surface area contributed by atoms with Crippen LogP contribution in [0.4, 0.5) is 0 Å². The maximum atomic E-state index is 10.6. The van der Waals surface area contributed by atoms with E-state index in [1.165, 1.54) is 0 Å². The summed E-state index contributed by atoms with van der Waals surface area (Å²) in [5.74, 6) is 0.126. The molecule has 2 rings (SSSR count). The highest BCUT2D eigenvalue weighted by atomic mass is 16.5. The van der Waals surface area contributed by atoms with Crippen molar-refractivity contribution < 1.29 is 19.4 Å². The number of carboxylic acids is 1. The maximum Gasteiger partial charge on any atom is 0.306 e. The minimum Gasteiger partial charge on any atom is -0.497 e. The smallest absolute Gasteiger partial charge is 0.306 e. The fourth-order valence-electron chi connectivity index (χ4n) is 1.78. The second-order valence-electron chi connectivity index (χ2n) is 4.30. The standard InChI is InChI=1S/C13H16O4/c1-16-11-4-2-9(3-5-11)7-17-8-10-6-12(10)13(14)15/h2-5,10,12H,6-8H2,1H3,(H,14,15). The highest BCUT2D eigenvalue weighted by molar-refractivity contribution is 5.73. The van der Waals surface area contributed by atoms with E-state index in [0.29, 0.717) is 13.2 Å². The van der Waals surface area contributed by atoms with Gasteiger partial charge in [-0.15, -0.1) is 0 Å². The van der Waals surface area contributed by atoms with Gasteiger partial charge in [-0.25, -0.2) is 0 Å². The van der Waals surface area contributed by atoms with Gasteiger partial charge in [0.25, 0.3) is 0 Å². The Labute approximate surface area is 100 Å². The monoisotopic (exact) mass is 236 g/mol. The molecule has 0 amide bonds. The maximum absolute atomic E-state index is 10.6. The Morgan fingerprint density at radius 1 is 1.41 bits per heavy atom. The zero-order chi connectivity index (χ0) is 12.3. The minimum atomic E-state index is -0.706. The van der Waals surface area contributed by atoms with Crippen molar-refractivity contribution in [2.75, 3.05) is 13.7 Å². The van der Waals surface area contributed by atoms with Gasteiger partial charge in [0.05, 0.1) is 26.2 Å². The SMILES string of the molecule is COc1ccc(COCC2CC2C(=O)O)cc1. The molecule has 92 valence electrons. The van der Waals surface area contributed by atoms with Gasteiger partial charge in [-0.1, -0.05) is 12.1 Å². The normalized spacial score (nSPS) is 22.2. The van der Waals surface area contributed by atoms with Crippen molar-refractivity contribution in [1.82, 2.24) is 0 Å². The van der Waals surface area contributed by atoms with Gasteiger partial charge >= 0.3 is 5.97 Å². The highest BCUT2D eigenvalue weighted by Crippen LogP contribution is 2.38. The quantitative estimate of drug-likeness (QED) is 0.820. The molecule has 1 saturated carbocycles. The molecule has 1 aromatic rings. The number of hydrogen-bond donors (Lipinski definition) is 1. The molecule has 0 bridgehead atoms. The molecule has 0 radical (unpaired) electrons. The lowest BCUT2D eigenvalue weighted by molar-refractivity contribution is -0.139. The van der Waals surface area contributed by atoms with E-state index >= 15 is 0 Å². The Kier molecular flexibility index (Phi) is 3.64. The van der Waals surface area contributed by atoms with Crippen LogP contribution < -0.4 is 4.74 Å². The van der Waals surface area contributed by atoms with Crippen LogP contribution >= 0.6 is 0 Å². The van der Waals surface area contributed by atoms with E-state index < -0.39 is 5.97 Å². The van der Waals surface area contributed by atoms with Crippen LogP contribution in [0.1, 0.15) is 12.0 Å². The van der Waals surface area contributed by atoms with Gasteiger partial charge in [0.2, 0.25) is 0 Å². The lowest BCUT2D eigenvalue weighted by Gasteiger charge is -2.04. The van der Waals surface area contributed by atoms with Gasteiger partial charge in [-0.2, -0.15) is 0 Å². The second kappa shape index (κ2) is 5.19. The van der Waals surface area contributed by atoms with Crippen molar-refractivity contribution in [3.63, 3.8) is 0 Å². The Morgan fingerprint density at radius 3 is 2.65 bits per heavy atom. The van der Waals surface area contributed by atoms with Crippen LogP contribution in [0.5, 0.6) is 5.75 Å². The molecular weight excluding hydrogens is 220 g/mol. The number of ether oxygens (including phenoxy) is 2. The summed E-state index contributed by atoms with van der Waals surface area (Å²) in [6.07, 6.45) is 0.748. The molecule has 2 unspecified atom stereocenters. The van der Waals surface area contributed by atoms with Crippen molar-refractivity contribution in [3.05, 3.63) is 29.8 Å². The number of carbonyl (C=O) groups is 1. The molecule has 1 N–H and O–H groups in total. The molecule has 4 nitrogen and oxygen atoms in total. The number of aliphatic carboxylic acids is 1. The van der Waals surface area contributed by atoms with E-state index in [0.717, 1.165) is 17.7 Å². The van der Waals surface area contributed by atoms with Gasteiger partial charge in [0.15, 0.2) is 0 Å². The predicted octanol–water partition coefficient (Wildman–Crippen LogP) is 1.93. The van der Waals surface area contributed by atoms with E-state index in [9.17, 15) is 4.79 Å². The Balaban J connectivity index is 1.70. The average Bonchev–Trinajstić information content (AvgIpc) is 3.10. The molecule has 0 aromatic heterocycles. The molecule has 0 heterocycles. The van der Waals surface area contributed by atoms with Crippen LogP contribution in [0.2, 0.25) is 0 Å². The molecule has 0 aliphatic heterocycles. The van der Waals surface area contributed by atoms with Crippen molar-refractivity contribution in [1.29, 1.82) is 0 Å². The molecule has 1 aliphatic carbocycles. The lowest BCUT2D eigenvalue weighted by Crippen LogP contribution is -2.04. The first-order valence-electron chi connectivity index (χ1n) is 5.64. The molecule has 17 heavy (non-hydrogen) atoms. The largest absolute Gasteiger partial charge is 0.497 e. The van der Waals surface area contributed by atoms with Crippen molar-refractivity contribution >= 4 is 5.97 Å². The zero-order valence-corrected chi connectivity index (χ0v) is 9.76. The lowest BCUT2D eigenvalue weighted by atomic mass is 10.2. The molecule has 2 atom stereocenters. The second-order valence-corrected chi connectivity index (χ2v) is 4.30. The van der Waals surface area contributed by atoms with Crippen LogP contribution in [0.25, 0.3) is 0 Å². The summed E-state index contributed by atoms with van der Waals surface area (Å²) in [5.41, 5.74) is 1.07. The first-order valence-corrected chi connectivity index (χ1v) is 5.64. The van der Waals surface area contributed by atoms with Crippen LogP contribution in [0.15, 0.2) is 24.3 Å². The molecule has 0 saturated heterocycles. The van der Waals surface area contributed by atoms with Gasteiger partial charge in [0.1, 0.15) is 5.75 Å². The Morgan fingerprint density at radius 2 is 2.12 bits per heavy atom.